The van der Waals surface area contributed by atoms with Gasteiger partial charge in [0.2, 0.25) is 0 Å². The molecule has 0 unspecified atom stereocenters. The van der Waals surface area contributed by atoms with E-state index >= 15 is 0 Å². The van der Waals surface area contributed by atoms with Gasteiger partial charge in [-0.3, -0.25) is 0 Å². The maximum atomic E-state index is 8.76. The monoisotopic (exact) mass is 361 g/mol. The van der Waals surface area contributed by atoms with Crippen molar-refractivity contribution >= 4 is 22.6 Å². The van der Waals surface area contributed by atoms with Gasteiger partial charge < -0.3 is 4.74 Å². The molecule has 2 rings (SSSR count). The van der Waals surface area contributed by atoms with E-state index in [1.807, 2.05) is 18.2 Å². The first-order valence-electron chi connectivity index (χ1n) is 5.80. The summed E-state index contributed by atoms with van der Waals surface area (Å²) in [4.78, 5) is 0. The van der Waals surface area contributed by atoms with E-state index in [0.29, 0.717) is 5.56 Å². The SMILES string of the molecule is C=CCc1cc(I)ccc1Oc1ccc(C#N)cc1. The lowest BCUT2D eigenvalue weighted by Gasteiger charge is -2.10. The maximum Gasteiger partial charge on any atom is 0.131 e. The summed E-state index contributed by atoms with van der Waals surface area (Å²) in [5.41, 5.74) is 1.73. The zero-order chi connectivity index (χ0) is 13.7. The van der Waals surface area contributed by atoms with Gasteiger partial charge in [0.05, 0.1) is 11.6 Å². The van der Waals surface area contributed by atoms with Crippen molar-refractivity contribution in [1.82, 2.24) is 0 Å². The van der Waals surface area contributed by atoms with E-state index < -0.39 is 0 Å². The lowest BCUT2D eigenvalue weighted by Crippen LogP contribution is -1.92. The molecule has 0 heterocycles. The summed E-state index contributed by atoms with van der Waals surface area (Å²) in [7, 11) is 0. The number of hydrogen-bond acceptors (Lipinski definition) is 2. The molecule has 0 spiro atoms. The van der Waals surface area contributed by atoms with Crippen molar-refractivity contribution in [2.75, 3.05) is 0 Å². The van der Waals surface area contributed by atoms with Gasteiger partial charge in [-0.15, -0.1) is 6.58 Å². The Morgan fingerprint density at radius 3 is 2.58 bits per heavy atom. The van der Waals surface area contributed by atoms with E-state index in [1.54, 1.807) is 24.3 Å². The fourth-order valence-electron chi connectivity index (χ4n) is 1.69. The van der Waals surface area contributed by atoms with Gasteiger partial charge in [0, 0.05) is 3.57 Å². The molecule has 0 fully saturated rings. The molecule has 0 atom stereocenters. The molecular formula is C16H12INO. The average Bonchev–Trinajstić information content (AvgIpc) is 2.43. The van der Waals surface area contributed by atoms with E-state index in [4.69, 9.17) is 10.00 Å². The van der Waals surface area contributed by atoms with Crippen LogP contribution in [0, 0.1) is 14.9 Å². The van der Waals surface area contributed by atoms with E-state index in [9.17, 15) is 0 Å². The molecule has 2 aromatic carbocycles. The first-order chi connectivity index (χ1) is 9.22. The van der Waals surface area contributed by atoms with Gasteiger partial charge in [0.25, 0.3) is 0 Å². The van der Waals surface area contributed by atoms with Crippen molar-refractivity contribution in [3.63, 3.8) is 0 Å². The number of allylic oxidation sites excluding steroid dienone is 1. The summed E-state index contributed by atoms with van der Waals surface area (Å²) in [6.45, 7) is 3.76. The molecule has 19 heavy (non-hydrogen) atoms. The van der Waals surface area contributed by atoms with Crippen LogP contribution in [-0.4, -0.2) is 0 Å². The molecule has 0 saturated heterocycles. The van der Waals surface area contributed by atoms with Gasteiger partial charge in [-0.2, -0.15) is 5.26 Å². The highest BCUT2D eigenvalue weighted by molar-refractivity contribution is 14.1. The summed E-state index contributed by atoms with van der Waals surface area (Å²) in [6.07, 6.45) is 2.62. The molecule has 0 N–H and O–H groups in total. The van der Waals surface area contributed by atoms with Gasteiger partial charge in [-0.05, 0) is 77.0 Å². The molecule has 94 valence electrons. The fraction of sp³-hybridized carbons (Fsp3) is 0.0625. The summed E-state index contributed by atoms with van der Waals surface area (Å²) < 4.78 is 7.02. The van der Waals surface area contributed by atoms with Crippen molar-refractivity contribution in [2.45, 2.75) is 6.42 Å². The molecular weight excluding hydrogens is 349 g/mol. The van der Waals surface area contributed by atoms with Crippen LogP contribution in [0.15, 0.2) is 55.1 Å². The second-order valence-electron chi connectivity index (χ2n) is 3.98. The van der Waals surface area contributed by atoms with Crippen LogP contribution in [-0.2, 0) is 6.42 Å². The Morgan fingerprint density at radius 2 is 1.95 bits per heavy atom. The summed E-state index contributed by atoms with van der Waals surface area (Å²) in [6, 6.07) is 15.2. The summed E-state index contributed by atoms with van der Waals surface area (Å²) >= 11 is 2.28. The third kappa shape index (κ3) is 3.58. The smallest absolute Gasteiger partial charge is 0.131 e. The molecule has 0 bridgehead atoms. The molecule has 0 amide bonds. The van der Waals surface area contributed by atoms with E-state index in [2.05, 4.69) is 41.3 Å². The number of benzene rings is 2. The van der Waals surface area contributed by atoms with Crippen molar-refractivity contribution in [2.24, 2.45) is 0 Å². The van der Waals surface area contributed by atoms with Crippen LogP contribution in [0.3, 0.4) is 0 Å². The summed E-state index contributed by atoms with van der Waals surface area (Å²) in [5, 5.41) is 8.76. The molecule has 2 nitrogen and oxygen atoms in total. The van der Waals surface area contributed by atoms with Crippen LogP contribution >= 0.6 is 22.6 Å². The second-order valence-corrected chi connectivity index (χ2v) is 5.23. The van der Waals surface area contributed by atoms with Crippen molar-refractivity contribution < 1.29 is 4.74 Å². The molecule has 0 radical (unpaired) electrons. The molecule has 2 aromatic rings. The van der Waals surface area contributed by atoms with Crippen LogP contribution in [0.2, 0.25) is 0 Å². The highest BCUT2D eigenvalue weighted by Crippen LogP contribution is 2.27. The number of halogens is 1. The van der Waals surface area contributed by atoms with Gasteiger partial charge >= 0.3 is 0 Å². The minimum absolute atomic E-state index is 0.626. The number of hydrogen-bond donors (Lipinski definition) is 0. The van der Waals surface area contributed by atoms with E-state index in [0.717, 1.165) is 23.5 Å². The number of ether oxygens (including phenoxy) is 1. The minimum atomic E-state index is 0.626. The Balaban J connectivity index is 2.26. The average molecular weight is 361 g/mol. The van der Waals surface area contributed by atoms with Gasteiger partial charge in [-0.25, -0.2) is 0 Å². The Labute approximate surface area is 126 Å². The highest BCUT2D eigenvalue weighted by Gasteiger charge is 2.05. The lowest BCUT2D eigenvalue weighted by molar-refractivity contribution is 0.477. The van der Waals surface area contributed by atoms with Crippen molar-refractivity contribution in [3.05, 3.63) is 69.8 Å². The molecule has 0 aliphatic heterocycles. The zero-order valence-electron chi connectivity index (χ0n) is 10.3. The molecule has 0 aliphatic rings. The number of rotatable bonds is 4. The first kappa shape index (κ1) is 13.6. The van der Waals surface area contributed by atoms with Crippen LogP contribution < -0.4 is 4.74 Å². The normalized spacial score (nSPS) is 9.68. The van der Waals surface area contributed by atoms with Gasteiger partial charge in [0.15, 0.2) is 0 Å². The van der Waals surface area contributed by atoms with Crippen LogP contribution in [0.4, 0.5) is 0 Å². The minimum Gasteiger partial charge on any atom is -0.457 e. The largest absolute Gasteiger partial charge is 0.457 e. The van der Waals surface area contributed by atoms with E-state index in [-0.39, 0.29) is 0 Å². The van der Waals surface area contributed by atoms with Crippen molar-refractivity contribution in [3.8, 4) is 17.6 Å². The maximum absolute atomic E-state index is 8.76. The number of nitrogens with zero attached hydrogens (tertiary/aromatic N) is 1. The molecule has 0 aromatic heterocycles. The molecule has 0 aliphatic carbocycles. The van der Waals surface area contributed by atoms with E-state index in [1.165, 1.54) is 3.57 Å². The second kappa shape index (κ2) is 6.39. The molecule has 3 heteroatoms. The Bertz CT molecular complexity index is 626. The zero-order valence-corrected chi connectivity index (χ0v) is 12.4. The van der Waals surface area contributed by atoms with Crippen LogP contribution in [0.1, 0.15) is 11.1 Å². The fourth-order valence-corrected chi connectivity index (χ4v) is 2.24. The van der Waals surface area contributed by atoms with Gasteiger partial charge in [-0.1, -0.05) is 6.08 Å². The number of nitriles is 1. The van der Waals surface area contributed by atoms with Crippen LogP contribution in [0.5, 0.6) is 11.5 Å². The predicted octanol–water partition coefficient (Wildman–Crippen LogP) is 4.68. The summed E-state index contributed by atoms with van der Waals surface area (Å²) in [5.74, 6) is 1.55. The Kier molecular flexibility index (Phi) is 4.58. The third-order valence-corrected chi connectivity index (χ3v) is 3.27. The predicted molar refractivity (Wildman–Crippen MR) is 84.3 cm³/mol. The van der Waals surface area contributed by atoms with Crippen LogP contribution in [0.25, 0.3) is 0 Å². The highest BCUT2D eigenvalue weighted by atomic mass is 127. The lowest BCUT2D eigenvalue weighted by atomic mass is 10.1. The topological polar surface area (TPSA) is 33.0 Å². The third-order valence-electron chi connectivity index (χ3n) is 2.60. The standard InChI is InChI=1S/C16H12INO/c1-2-3-13-10-14(17)6-9-16(13)19-15-7-4-12(11-18)5-8-15/h2,4-10H,1,3H2. The molecule has 0 saturated carbocycles. The Morgan fingerprint density at radius 1 is 1.21 bits per heavy atom. The quantitative estimate of drug-likeness (QED) is 0.585. The first-order valence-corrected chi connectivity index (χ1v) is 6.88. The van der Waals surface area contributed by atoms with Gasteiger partial charge in [0.1, 0.15) is 11.5 Å². The van der Waals surface area contributed by atoms with Crippen molar-refractivity contribution in [1.29, 1.82) is 5.26 Å². The Hall–Kier alpha value is -1.80.